The van der Waals surface area contributed by atoms with Gasteiger partial charge in [-0.25, -0.2) is 4.79 Å². The van der Waals surface area contributed by atoms with Crippen LogP contribution in [0.5, 0.6) is 0 Å². The summed E-state index contributed by atoms with van der Waals surface area (Å²) in [6.45, 7) is 5.29. The van der Waals surface area contributed by atoms with Gasteiger partial charge in [0.05, 0.1) is 19.2 Å². The highest BCUT2D eigenvalue weighted by Gasteiger charge is 2.20. The van der Waals surface area contributed by atoms with Gasteiger partial charge >= 0.3 is 6.03 Å². The van der Waals surface area contributed by atoms with Crippen molar-refractivity contribution in [2.45, 2.75) is 32.7 Å². The van der Waals surface area contributed by atoms with Crippen molar-refractivity contribution in [3.63, 3.8) is 0 Å². The molecule has 1 aromatic carbocycles. The molecule has 0 aliphatic carbocycles. The first-order valence-corrected chi connectivity index (χ1v) is 7.93. The molecule has 1 aliphatic heterocycles. The lowest BCUT2D eigenvalue weighted by atomic mass is 9.99. The molecular weight excluding hydrogens is 294 g/mol. The lowest BCUT2D eigenvalue weighted by Gasteiger charge is -2.31. The average molecular weight is 319 g/mol. The molecule has 23 heavy (non-hydrogen) atoms. The Morgan fingerprint density at radius 1 is 1.39 bits per heavy atom. The van der Waals surface area contributed by atoms with Gasteiger partial charge in [0.25, 0.3) is 0 Å². The summed E-state index contributed by atoms with van der Waals surface area (Å²) in [4.78, 5) is 25.9. The number of nitrogens with one attached hydrogen (secondary N) is 2. The van der Waals surface area contributed by atoms with Gasteiger partial charge in [0.2, 0.25) is 5.91 Å². The Kier molecular flexibility index (Phi) is 5.98. The van der Waals surface area contributed by atoms with E-state index in [-0.39, 0.29) is 18.5 Å². The van der Waals surface area contributed by atoms with Crippen LogP contribution in [-0.4, -0.2) is 44.8 Å². The van der Waals surface area contributed by atoms with Crippen molar-refractivity contribution in [2.24, 2.45) is 0 Å². The smallest absolute Gasteiger partial charge is 0.321 e. The SMILES string of the molecule is COCC(C)NC(=O)NC(=O)CN1CCCc2cc(C)ccc21. The zero-order chi connectivity index (χ0) is 16.8. The van der Waals surface area contributed by atoms with Crippen LogP contribution in [0.2, 0.25) is 0 Å². The van der Waals surface area contributed by atoms with E-state index in [1.807, 2.05) is 17.9 Å². The predicted molar refractivity (Wildman–Crippen MR) is 89.7 cm³/mol. The summed E-state index contributed by atoms with van der Waals surface area (Å²) in [5.41, 5.74) is 3.58. The molecule has 1 heterocycles. The molecule has 2 N–H and O–H groups in total. The minimum atomic E-state index is -0.485. The van der Waals surface area contributed by atoms with E-state index in [0.717, 1.165) is 25.1 Å². The van der Waals surface area contributed by atoms with Crippen LogP contribution < -0.4 is 15.5 Å². The molecule has 1 unspecified atom stereocenters. The Bertz CT molecular complexity index is 574. The van der Waals surface area contributed by atoms with Crippen molar-refractivity contribution in [1.82, 2.24) is 10.6 Å². The number of urea groups is 1. The van der Waals surface area contributed by atoms with E-state index >= 15 is 0 Å². The van der Waals surface area contributed by atoms with Gasteiger partial charge in [-0.2, -0.15) is 0 Å². The quantitative estimate of drug-likeness (QED) is 0.865. The zero-order valence-electron chi connectivity index (χ0n) is 14.0. The van der Waals surface area contributed by atoms with E-state index in [1.54, 1.807) is 7.11 Å². The van der Waals surface area contributed by atoms with Crippen molar-refractivity contribution in [2.75, 3.05) is 31.7 Å². The van der Waals surface area contributed by atoms with Gasteiger partial charge in [-0.1, -0.05) is 17.7 Å². The number of carbonyl (C=O) groups excluding carboxylic acids is 2. The van der Waals surface area contributed by atoms with E-state index < -0.39 is 6.03 Å². The molecule has 2 rings (SSSR count). The Labute approximate surface area is 137 Å². The lowest BCUT2D eigenvalue weighted by molar-refractivity contribution is -0.118. The van der Waals surface area contributed by atoms with E-state index in [9.17, 15) is 9.59 Å². The Hall–Kier alpha value is -2.08. The van der Waals surface area contributed by atoms with Crippen LogP contribution in [0.4, 0.5) is 10.5 Å². The van der Waals surface area contributed by atoms with Crippen LogP contribution in [0.25, 0.3) is 0 Å². The average Bonchev–Trinajstić information content (AvgIpc) is 2.46. The molecule has 1 aliphatic rings. The highest BCUT2D eigenvalue weighted by atomic mass is 16.5. The number of methoxy groups -OCH3 is 1. The molecule has 1 atom stereocenters. The minimum Gasteiger partial charge on any atom is -0.383 e. The summed E-state index contributed by atoms with van der Waals surface area (Å²) in [7, 11) is 1.57. The predicted octanol–water partition coefficient (Wildman–Crippen LogP) is 1.61. The maximum absolute atomic E-state index is 12.1. The van der Waals surface area contributed by atoms with E-state index in [1.165, 1.54) is 11.1 Å². The van der Waals surface area contributed by atoms with Crippen LogP contribution in [0, 0.1) is 6.92 Å². The third-order valence-electron chi connectivity index (χ3n) is 3.83. The first kappa shape index (κ1) is 17.3. The fourth-order valence-electron chi connectivity index (χ4n) is 2.86. The van der Waals surface area contributed by atoms with Crippen molar-refractivity contribution >= 4 is 17.6 Å². The number of hydrogen-bond donors (Lipinski definition) is 2. The monoisotopic (exact) mass is 319 g/mol. The molecule has 0 spiro atoms. The minimum absolute atomic E-state index is 0.147. The van der Waals surface area contributed by atoms with Crippen molar-refractivity contribution in [3.8, 4) is 0 Å². The highest BCUT2D eigenvalue weighted by molar-refractivity contribution is 5.96. The number of fused-ring (bicyclic) bond motifs is 1. The van der Waals surface area contributed by atoms with Crippen LogP contribution in [0.15, 0.2) is 18.2 Å². The summed E-state index contributed by atoms with van der Waals surface area (Å²) >= 11 is 0. The van der Waals surface area contributed by atoms with Gasteiger partial charge in [0, 0.05) is 19.3 Å². The van der Waals surface area contributed by atoms with E-state index in [2.05, 4.69) is 29.7 Å². The van der Waals surface area contributed by atoms with Crippen LogP contribution >= 0.6 is 0 Å². The summed E-state index contributed by atoms with van der Waals surface area (Å²) in [5.74, 6) is -0.305. The Morgan fingerprint density at radius 3 is 2.91 bits per heavy atom. The third kappa shape index (κ3) is 4.96. The summed E-state index contributed by atoms with van der Waals surface area (Å²) in [6.07, 6.45) is 2.05. The number of imide groups is 1. The van der Waals surface area contributed by atoms with Crippen molar-refractivity contribution < 1.29 is 14.3 Å². The van der Waals surface area contributed by atoms with Gasteiger partial charge in [-0.05, 0) is 38.3 Å². The summed E-state index contributed by atoms with van der Waals surface area (Å²) in [5, 5.41) is 5.03. The molecule has 0 saturated carbocycles. The van der Waals surface area contributed by atoms with Crippen molar-refractivity contribution in [1.29, 1.82) is 0 Å². The highest BCUT2D eigenvalue weighted by Crippen LogP contribution is 2.27. The third-order valence-corrected chi connectivity index (χ3v) is 3.83. The van der Waals surface area contributed by atoms with E-state index in [0.29, 0.717) is 6.61 Å². The number of ether oxygens (including phenoxy) is 1. The second-order valence-electron chi connectivity index (χ2n) is 6.04. The molecule has 6 heteroatoms. The van der Waals surface area contributed by atoms with Crippen LogP contribution in [0.1, 0.15) is 24.5 Å². The molecule has 0 aromatic heterocycles. The molecule has 126 valence electrons. The number of amides is 3. The zero-order valence-corrected chi connectivity index (χ0v) is 14.0. The molecule has 0 radical (unpaired) electrons. The number of hydrogen-bond acceptors (Lipinski definition) is 4. The largest absolute Gasteiger partial charge is 0.383 e. The van der Waals surface area contributed by atoms with Crippen LogP contribution in [0.3, 0.4) is 0 Å². The maximum Gasteiger partial charge on any atom is 0.321 e. The fraction of sp³-hybridized carbons (Fsp3) is 0.529. The Balaban J connectivity index is 1.90. The topological polar surface area (TPSA) is 70.7 Å². The summed E-state index contributed by atoms with van der Waals surface area (Å²) in [6, 6.07) is 5.64. The van der Waals surface area contributed by atoms with Crippen LogP contribution in [-0.2, 0) is 16.0 Å². The lowest BCUT2D eigenvalue weighted by Crippen LogP contribution is -2.48. The first-order valence-electron chi connectivity index (χ1n) is 7.93. The molecule has 1 aromatic rings. The maximum atomic E-state index is 12.1. The number of nitrogens with zero attached hydrogens (tertiary/aromatic N) is 1. The van der Waals surface area contributed by atoms with Crippen molar-refractivity contribution in [3.05, 3.63) is 29.3 Å². The molecule has 3 amide bonds. The Morgan fingerprint density at radius 2 is 2.17 bits per heavy atom. The number of carbonyl (C=O) groups is 2. The number of benzene rings is 1. The fourth-order valence-corrected chi connectivity index (χ4v) is 2.86. The van der Waals surface area contributed by atoms with Gasteiger partial charge < -0.3 is 15.0 Å². The standard InChI is InChI=1S/C17H25N3O3/c1-12-6-7-15-14(9-12)5-4-8-20(15)10-16(21)19-17(22)18-13(2)11-23-3/h6-7,9,13H,4-5,8,10-11H2,1-3H3,(H2,18,19,21,22). The normalized spacial score (nSPS) is 14.8. The molecule has 0 bridgehead atoms. The van der Waals surface area contributed by atoms with Gasteiger partial charge in [-0.15, -0.1) is 0 Å². The number of rotatable bonds is 5. The van der Waals surface area contributed by atoms with Gasteiger partial charge in [-0.3, -0.25) is 10.1 Å². The number of aryl methyl sites for hydroxylation is 2. The molecule has 0 saturated heterocycles. The summed E-state index contributed by atoms with van der Waals surface area (Å²) < 4.78 is 4.94. The molecule has 0 fully saturated rings. The number of anilines is 1. The second kappa shape index (κ2) is 7.97. The second-order valence-corrected chi connectivity index (χ2v) is 6.04. The van der Waals surface area contributed by atoms with Gasteiger partial charge in [0.15, 0.2) is 0 Å². The molecule has 6 nitrogen and oxygen atoms in total. The molecular formula is C17H25N3O3. The van der Waals surface area contributed by atoms with E-state index in [4.69, 9.17) is 4.74 Å². The first-order chi connectivity index (χ1) is 11.0. The van der Waals surface area contributed by atoms with Gasteiger partial charge in [0.1, 0.15) is 0 Å².